The second kappa shape index (κ2) is 13.1. The van der Waals surface area contributed by atoms with Crippen molar-refractivity contribution >= 4 is 28.4 Å². The second-order valence-electron chi connectivity index (χ2n) is 13.3. The van der Waals surface area contributed by atoms with Gasteiger partial charge in [-0.15, -0.1) is 0 Å². The van der Waals surface area contributed by atoms with Crippen molar-refractivity contribution < 1.29 is 0 Å². The SMILES string of the molecule is CC1C=CC=C(N(c2ccccc2)c2ccc(C(C)(C)Nc3ccc(C(C)(C)N(c4ccccc4)c4ccccc4)cc3)cc2)C1. The van der Waals surface area contributed by atoms with Crippen molar-refractivity contribution in [2.24, 2.45) is 5.92 Å². The van der Waals surface area contributed by atoms with Crippen LogP contribution in [-0.4, -0.2) is 0 Å². The van der Waals surface area contributed by atoms with E-state index in [1.165, 1.54) is 39.6 Å². The van der Waals surface area contributed by atoms with Crippen LogP contribution in [0.15, 0.2) is 163 Å². The maximum atomic E-state index is 3.81. The van der Waals surface area contributed by atoms with E-state index in [-0.39, 0.29) is 11.1 Å². The van der Waals surface area contributed by atoms with E-state index in [2.05, 4.69) is 207 Å². The molecule has 0 saturated heterocycles. The summed E-state index contributed by atoms with van der Waals surface area (Å²) in [6.45, 7) is 11.4. The summed E-state index contributed by atoms with van der Waals surface area (Å²) in [6, 6.07) is 49.9. The van der Waals surface area contributed by atoms with Crippen LogP contribution in [0.2, 0.25) is 0 Å². The van der Waals surface area contributed by atoms with Gasteiger partial charge in [-0.1, -0.05) is 97.9 Å². The lowest BCUT2D eigenvalue weighted by molar-refractivity contribution is 0.535. The largest absolute Gasteiger partial charge is 0.376 e. The van der Waals surface area contributed by atoms with Crippen LogP contribution in [-0.2, 0) is 11.1 Å². The predicted octanol–water partition coefficient (Wildman–Crippen LogP) is 11.7. The van der Waals surface area contributed by atoms with Gasteiger partial charge in [0, 0.05) is 34.1 Å². The molecule has 5 aromatic carbocycles. The summed E-state index contributed by atoms with van der Waals surface area (Å²) in [5.41, 5.74) is 9.03. The van der Waals surface area contributed by atoms with Gasteiger partial charge in [-0.05, 0) is 118 Å². The van der Waals surface area contributed by atoms with E-state index >= 15 is 0 Å². The van der Waals surface area contributed by atoms with Crippen molar-refractivity contribution in [3.63, 3.8) is 0 Å². The molecule has 0 heterocycles. The van der Waals surface area contributed by atoms with Gasteiger partial charge in [0.1, 0.15) is 0 Å². The van der Waals surface area contributed by atoms with Gasteiger partial charge in [-0.3, -0.25) is 0 Å². The fourth-order valence-corrected chi connectivity index (χ4v) is 6.55. The summed E-state index contributed by atoms with van der Waals surface area (Å²) in [5.74, 6) is 0.519. The van der Waals surface area contributed by atoms with Crippen LogP contribution in [0.4, 0.5) is 28.4 Å². The number of anilines is 5. The molecular formula is C43H45N3. The zero-order chi connectivity index (χ0) is 32.1. The first-order valence-electron chi connectivity index (χ1n) is 16.3. The van der Waals surface area contributed by atoms with Crippen LogP contribution >= 0.6 is 0 Å². The average molecular weight is 604 g/mol. The Bertz CT molecular complexity index is 1730. The van der Waals surface area contributed by atoms with Gasteiger partial charge in [0.05, 0.1) is 11.1 Å². The summed E-state index contributed by atoms with van der Waals surface area (Å²) < 4.78 is 0. The van der Waals surface area contributed by atoms with Gasteiger partial charge in [-0.2, -0.15) is 0 Å². The van der Waals surface area contributed by atoms with Crippen LogP contribution in [0.5, 0.6) is 0 Å². The van der Waals surface area contributed by atoms with E-state index in [1.54, 1.807) is 0 Å². The van der Waals surface area contributed by atoms with Gasteiger partial charge in [-0.25, -0.2) is 0 Å². The Morgan fingerprint density at radius 2 is 1.04 bits per heavy atom. The van der Waals surface area contributed by atoms with Crippen LogP contribution in [0, 0.1) is 5.92 Å². The van der Waals surface area contributed by atoms with Crippen molar-refractivity contribution in [1.82, 2.24) is 0 Å². The van der Waals surface area contributed by atoms with E-state index in [4.69, 9.17) is 0 Å². The molecule has 0 amide bonds. The number of para-hydroxylation sites is 3. The van der Waals surface area contributed by atoms with Crippen molar-refractivity contribution in [1.29, 1.82) is 0 Å². The van der Waals surface area contributed by atoms with E-state index in [0.717, 1.165) is 12.1 Å². The van der Waals surface area contributed by atoms with Crippen LogP contribution in [0.3, 0.4) is 0 Å². The molecule has 0 bridgehead atoms. The summed E-state index contributed by atoms with van der Waals surface area (Å²) in [4.78, 5) is 4.80. The van der Waals surface area contributed by atoms with Gasteiger partial charge in [0.15, 0.2) is 0 Å². The smallest absolute Gasteiger partial charge is 0.0646 e. The molecule has 1 aliphatic rings. The summed E-state index contributed by atoms with van der Waals surface area (Å²) in [6.07, 6.45) is 7.73. The molecule has 232 valence electrons. The molecule has 1 unspecified atom stereocenters. The monoisotopic (exact) mass is 603 g/mol. The Morgan fingerprint density at radius 3 is 1.57 bits per heavy atom. The minimum absolute atomic E-state index is 0.269. The molecule has 0 fully saturated rings. The Hall–Kier alpha value is -5.02. The lowest BCUT2D eigenvalue weighted by Gasteiger charge is -2.41. The number of nitrogens with one attached hydrogen (secondary N) is 1. The van der Waals surface area contributed by atoms with Gasteiger partial charge in [0.25, 0.3) is 0 Å². The number of hydrogen-bond acceptors (Lipinski definition) is 3. The van der Waals surface area contributed by atoms with Crippen LogP contribution in [0.25, 0.3) is 0 Å². The highest BCUT2D eigenvalue weighted by molar-refractivity contribution is 5.70. The fraction of sp³-hybridized carbons (Fsp3) is 0.209. The normalized spacial score (nSPS) is 14.8. The molecule has 5 aromatic rings. The molecule has 3 nitrogen and oxygen atoms in total. The van der Waals surface area contributed by atoms with Crippen LogP contribution < -0.4 is 15.1 Å². The minimum atomic E-state index is -0.279. The van der Waals surface area contributed by atoms with Crippen molar-refractivity contribution in [3.8, 4) is 0 Å². The highest BCUT2D eigenvalue weighted by Gasteiger charge is 2.31. The number of nitrogens with zero attached hydrogens (tertiary/aromatic N) is 2. The van der Waals surface area contributed by atoms with Gasteiger partial charge < -0.3 is 15.1 Å². The van der Waals surface area contributed by atoms with E-state index in [1.807, 2.05) is 0 Å². The number of hydrogen-bond donors (Lipinski definition) is 1. The standard InChI is InChI=1S/C43H45N3/c1-33-16-15-23-41(32-33)45(37-17-9-6-10-18-37)38-30-26-34(27-31-38)42(2,3)44-36-28-24-35(25-29-36)43(4,5)46(39-19-11-7-12-20-39)40-21-13-8-14-22-40/h6-31,33,44H,32H2,1-5H3. The van der Waals surface area contributed by atoms with Crippen LogP contribution in [0.1, 0.15) is 52.2 Å². The van der Waals surface area contributed by atoms with Crippen molar-refractivity contribution in [2.45, 2.75) is 52.1 Å². The number of benzene rings is 5. The Morgan fingerprint density at radius 1 is 0.565 bits per heavy atom. The van der Waals surface area contributed by atoms with E-state index in [9.17, 15) is 0 Å². The molecule has 1 N–H and O–H groups in total. The molecule has 0 aromatic heterocycles. The molecule has 1 aliphatic carbocycles. The van der Waals surface area contributed by atoms with Crippen molar-refractivity contribution in [3.05, 3.63) is 175 Å². The van der Waals surface area contributed by atoms with E-state index in [0.29, 0.717) is 5.92 Å². The molecule has 46 heavy (non-hydrogen) atoms. The molecule has 0 spiro atoms. The molecule has 6 rings (SSSR count). The zero-order valence-corrected chi connectivity index (χ0v) is 27.7. The minimum Gasteiger partial charge on any atom is -0.376 e. The fourth-order valence-electron chi connectivity index (χ4n) is 6.55. The summed E-state index contributed by atoms with van der Waals surface area (Å²) >= 11 is 0. The molecule has 0 aliphatic heterocycles. The number of allylic oxidation sites excluding steroid dienone is 4. The quantitative estimate of drug-likeness (QED) is 0.171. The Kier molecular flexibility index (Phi) is 8.85. The maximum Gasteiger partial charge on any atom is 0.0646 e. The third-order valence-corrected chi connectivity index (χ3v) is 9.04. The molecule has 0 radical (unpaired) electrons. The van der Waals surface area contributed by atoms with Gasteiger partial charge >= 0.3 is 0 Å². The molecular weight excluding hydrogens is 558 g/mol. The highest BCUT2D eigenvalue weighted by atomic mass is 15.2. The lowest BCUT2D eigenvalue weighted by Crippen LogP contribution is -2.38. The highest BCUT2D eigenvalue weighted by Crippen LogP contribution is 2.40. The second-order valence-corrected chi connectivity index (χ2v) is 13.3. The van der Waals surface area contributed by atoms with Gasteiger partial charge in [0.2, 0.25) is 0 Å². The predicted molar refractivity (Wildman–Crippen MR) is 197 cm³/mol. The first-order chi connectivity index (χ1) is 22.2. The topological polar surface area (TPSA) is 18.5 Å². The van der Waals surface area contributed by atoms with E-state index < -0.39 is 0 Å². The molecule has 3 heteroatoms. The third-order valence-electron chi connectivity index (χ3n) is 9.04. The first kappa shape index (κ1) is 31.0. The lowest BCUT2D eigenvalue weighted by atomic mass is 9.90. The summed E-state index contributed by atoms with van der Waals surface area (Å²) in [5, 5.41) is 3.81. The Balaban J connectivity index is 1.23. The Labute approximate surface area is 275 Å². The number of rotatable bonds is 10. The average Bonchev–Trinajstić information content (AvgIpc) is 3.07. The first-order valence-corrected chi connectivity index (χ1v) is 16.3. The molecule has 1 atom stereocenters. The zero-order valence-electron chi connectivity index (χ0n) is 27.7. The maximum absolute atomic E-state index is 3.81. The summed E-state index contributed by atoms with van der Waals surface area (Å²) in [7, 11) is 0. The third kappa shape index (κ3) is 6.65. The van der Waals surface area contributed by atoms with Crippen molar-refractivity contribution in [2.75, 3.05) is 15.1 Å². The molecule has 0 saturated carbocycles.